The summed E-state index contributed by atoms with van der Waals surface area (Å²) >= 11 is 1.97. The molecule has 0 unspecified atom stereocenters. The van der Waals surface area contributed by atoms with E-state index in [4.69, 9.17) is 0 Å². The molecule has 2 aliphatic heterocycles. The van der Waals surface area contributed by atoms with Crippen LogP contribution in [0.2, 0.25) is 0 Å². The minimum Gasteiger partial charge on any atom is -0.325 e. The Morgan fingerprint density at radius 2 is 1.87 bits per heavy atom. The van der Waals surface area contributed by atoms with Crippen LogP contribution in [0.4, 0.5) is 0 Å². The smallest absolute Gasteiger partial charge is 0.230 e. The molecule has 0 aliphatic carbocycles. The first kappa shape index (κ1) is 11.3. The van der Waals surface area contributed by atoms with E-state index < -0.39 is 0 Å². The molecular weight excluding hydrogens is 206 g/mol. The molecule has 86 valence electrons. The van der Waals surface area contributed by atoms with Gasteiger partial charge >= 0.3 is 0 Å². The number of rotatable bonds is 0. The third kappa shape index (κ3) is 1.42. The van der Waals surface area contributed by atoms with Crippen molar-refractivity contribution in [2.45, 2.75) is 57.7 Å². The molecule has 0 aromatic carbocycles. The minimum absolute atomic E-state index is 0.103. The first-order chi connectivity index (χ1) is 6.66. The first-order valence-electron chi connectivity index (χ1n) is 5.66. The van der Waals surface area contributed by atoms with Crippen LogP contribution < -0.4 is 0 Å². The quantitative estimate of drug-likeness (QED) is 0.593. The summed E-state index contributed by atoms with van der Waals surface area (Å²) in [7, 11) is 0. The lowest BCUT2D eigenvalue weighted by atomic mass is 9.74. The number of carbonyl (C=O) groups is 1. The largest absolute Gasteiger partial charge is 0.325 e. The maximum Gasteiger partial charge on any atom is 0.230 e. The zero-order valence-corrected chi connectivity index (χ0v) is 11.3. The molecule has 0 bridgehead atoms. The van der Waals surface area contributed by atoms with Gasteiger partial charge in [0.15, 0.2) is 0 Å². The highest BCUT2D eigenvalue weighted by Crippen LogP contribution is 2.56. The molecule has 2 fully saturated rings. The fraction of sp³-hybridized carbons (Fsp3) is 0.917. The number of nitrogens with zero attached hydrogens (tertiary/aromatic N) is 1. The maximum atomic E-state index is 12.1. The van der Waals surface area contributed by atoms with Crippen molar-refractivity contribution in [3.63, 3.8) is 0 Å². The van der Waals surface area contributed by atoms with Gasteiger partial charge in [-0.3, -0.25) is 4.79 Å². The maximum absolute atomic E-state index is 12.1. The van der Waals surface area contributed by atoms with Gasteiger partial charge in [0.2, 0.25) is 5.91 Å². The Balaban J connectivity index is 2.24. The average Bonchev–Trinajstić information content (AvgIpc) is 2.17. The number of thioether (sulfide) groups is 1. The molecule has 0 aromatic rings. The van der Waals surface area contributed by atoms with Gasteiger partial charge in [-0.15, -0.1) is 11.8 Å². The molecule has 15 heavy (non-hydrogen) atoms. The van der Waals surface area contributed by atoms with E-state index in [1.165, 1.54) is 0 Å². The van der Waals surface area contributed by atoms with E-state index in [0.717, 1.165) is 0 Å². The number of hydrogen-bond acceptors (Lipinski definition) is 2. The summed E-state index contributed by atoms with van der Waals surface area (Å²) in [4.78, 5) is 14.2. The monoisotopic (exact) mass is 227 g/mol. The Hall–Kier alpha value is -0.180. The van der Waals surface area contributed by atoms with Crippen LogP contribution in [-0.2, 0) is 4.79 Å². The van der Waals surface area contributed by atoms with Crippen LogP contribution in [0.5, 0.6) is 0 Å². The summed E-state index contributed by atoms with van der Waals surface area (Å²) in [6.45, 7) is 13.2. The van der Waals surface area contributed by atoms with Crippen molar-refractivity contribution in [1.82, 2.24) is 4.90 Å². The lowest BCUT2D eigenvalue weighted by Crippen LogP contribution is -2.63. The highest BCUT2D eigenvalue weighted by Gasteiger charge is 2.62. The molecule has 3 heteroatoms. The minimum atomic E-state index is 0.103. The van der Waals surface area contributed by atoms with E-state index in [1.807, 2.05) is 11.8 Å². The average molecular weight is 227 g/mol. The number of carbonyl (C=O) groups excluding carboxylic acids is 1. The van der Waals surface area contributed by atoms with E-state index in [-0.39, 0.29) is 16.1 Å². The molecule has 2 aliphatic rings. The van der Waals surface area contributed by atoms with Gasteiger partial charge < -0.3 is 4.90 Å². The second kappa shape index (κ2) is 2.93. The van der Waals surface area contributed by atoms with Gasteiger partial charge in [0.25, 0.3) is 0 Å². The van der Waals surface area contributed by atoms with Gasteiger partial charge in [0, 0.05) is 10.8 Å². The molecule has 2 heterocycles. The number of fused-ring (bicyclic) bond motifs is 1. The van der Waals surface area contributed by atoms with Crippen molar-refractivity contribution in [2.75, 3.05) is 0 Å². The van der Waals surface area contributed by atoms with Gasteiger partial charge in [-0.2, -0.15) is 0 Å². The summed E-state index contributed by atoms with van der Waals surface area (Å²) in [5.74, 6) is 0.574. The topological polar surface area (TPSA) is 20.3 Å². The van der Waals surface area contributed by atoms with Gasteiger partial charge in [-0.05, 0) is 26.2 Å². The highest BCUT2D eigenvalue weighted by atomic mass is 32.2. The van der Waals surface area contributed by atoms with Crippen molar-refractivity contribution in [2.24, 2.45) is 11.3 Å². The second-order valence-corrected chi connectivity index (χ2v) is 8.15. The van der Waals surface area contributed by atoms with E-state index in [9.17, 15) is 4.79 Å². The summed E-state index contributed by atoms with van der Waals surface area (Å²) in [5, 5.41) is 0.419. The van der Waals surface area contributed by atoms with E-state index in [2.05, 4.69) is 46.4 Å². The van der Waals surface area contributed by atoms with E-state index in [1.54, 1.807) is 0 Å². The molecule has 0 N–H and O–H groups in total. The lowest BCUT2D eigenvalue weighted by molar-refractivity contribution is -0.159. The molecular formula is C12H21NOS. The van der Waals surface area contributed by atoms with Gasteiger partial charge in [0.1, 0.15) is 0 Å². The number of amides is 1. The van der Waals surface area contributed by atoms with Crippen molar-refractivity contribution in [1.29, 1.82) is 0 Å². The summed E-state index contributed by atoms with van der Waals surface area (Å²) in [6.07, 6.45) is 0. The van der Waals surface area contributed by atoms with E-state index in [0.29, 0.717) is 17.3 Å². The van der Waals surface area contributed by atoms with Crippen LogP contribution in [0.25, 0.3) is 0 Å². The molecule has 0 spiro atoms. The van der Waals surface area contributed by atoms with Crippen molar-refractivity contribution in [3.05, 3.63) is 0 Å². The van der Waals surface area contributed by atoms with Crippen molar-refractivity contribution >= 4 is 17.7 Å². The Morgan fingerprint density at radius 3 is 2.33 bits per heavy atom. The molecule has 0 radical (unpaired) electrons. The first-order valence-corrected chi connectivity index (χ1v) is 6.54. The van der Waals surface area contributed by atoms with Crippen LogP contribution in [0.3, 0.4) is 0 Å². The zero-order chi connectivity index (χ0) is 11.6. The summed E-state index contributed by atoms with van der Waals surface area (Å²) in [5.41, 5.74) is 0.103. The third-order valence-corrected chi connectivity index (χ3v) is 5.55. The third-order valence-electron chi connectivity index (χ3n) is 3.86. The highest BCUT2D eigenvalue weighted by molar-refractivity contribution is 8.01. The summed E-state index contributed by atoms with van der Waals surface area (Å²) in [6, 6.07) is 0.374. The van der Waals surface area contributed by atoms with Crippen LogP contribution in [0.15, 0.2) is 0 Å². The lowest BCUT2D eigenvalue weighted by Gasteiger charge is -2.49. The van der Waals surface area contributed by atoms with Crippen LogP contribution in [-0.4, -0.2) is 27.0 Å². The number of β-lactam (4-membered cyclic amide) rings is 1. The SMILES string of the molecule is C[C@@H]1N2C(=O)[C@@H](C(C)(C)C)[C@H]2SC1(C)C. The van der Waals surface area contributed by atoms with Gasteiger partial charge in [0.05, 0.1) is 11.3 Å². The van der Waals surface area contributed by atoms with E-state index >= 15 is 0 Å². The molecule has 2 nitrogen and oxygen atoms in total. The predicted octanol–water partition coefficient (Wildman–Crippen LogP) is 2.73. The molecule has 1 amide bonds. The zero-order valence-electron chi connectivity index (χ0n) is 10.5. The summed E-state index contributed by atoms with van der Waals surface area (Å²) < 4.78 is 0.209. The standard InChI is InChI=1S/C12H21NOS/c1-7-12(5,6)15-10-8(11(2,3)4)9(14)13(7)10/h7-8,10H,1-6H3/t7-,8+,10+/m0/s1. The Morgan fingerprint density at radius 1 is 1.33 bits per heavy atom. The van der Waals surface area contributed by atoms with Crippen LogP contribution >= 0.6 is 11.8 Å². The fourth-order valence-corrected chi connectivity index (χ4v) is 4.56. The second-order valence-electron chi connectivity index (χ2n) is 6.38. The molecule has 2 saturated heterocycles. The van der Waals surface area contributed by atoms with Crippen LogP contribution in [0, 0.1) is 11.3 Å². The fourth-order valence-electron chi connectivity index (χ4n) is 2.57. The normalized spacial score (nSPS) is 38.9. The van der Waals surface area contributed by atoms with Crippen molar-refractivity contribution in [3.8, 4) is 0 Å². The van der Waals surface area contributed by atoms with Crippen molar-refractivity contribution < 1.29 is 4.79 Å². The number of hydrogen-bond donors (Lipinski definition) is 0. The molecule has 3 atom stereocenters. The van der Waals surface area contributed by atoms with Gasteiger partial charge in [-0.25, -0.2) is 0 Å². The van der Waals surface area contributed by atoms with Crippen LogP contribution in [0.1, 0.15) is 41.5 Å². The molecule has 2 rings (SSSR count). The Bertz CT molecular complexity index is 305. The predicted molar refractivity (Wildman–Crippen MR) is 64.7 cm³/mol. The van der Waals surface area contributed by atoms with Gasteiger partial charge in [-0.1, -0.05) is 20.8 Å². The molecule has 0 saturated carbocycles. The Labute approximate surface area is 96.8 Å². The Kier molecular flexibility index (Phi) is 2.21. The molecule has 0 aromatic heterocycles.